The lowest BCUT2D eigenvalue weighted by atomic mass is 10.3. The number of esters is 1. The van der Waals surface area contributed by atoms with Gasteiger partial charge in [0, 0.05) is 31.8 Å². The van der Waals surface area contributed by atoms with Crippen molar-refractivity contribution >= 4 is 11.8 Å². The van der Waals surface area contributed by atoms with E-state index >= 15 is 0 Å². The zero-order valence-corrected chi connectivity index (χ0v) is 10.9. The fraction of sp³-hybridized carbons (Fsp3) is 0.583. The highest BCUT2D eigenvalue weighted by molar-refractivity contribution is 5.69. The second-order valence-corrected chi connectivity index (χ2v) is 4.02. The fourth-order valence-electron chi connectivity index (χ4n) is 1.57. The summed E-state index contributed by atoms with van der Waals surface area (Å²) in [4.78, 5) is 21.6. The third-order valence-electron chi connectivity index (χ3n) is 2.45. The predicted octanol–water partition coefficient (Wildman–Crippen LogP) is 1.48. The number of anilines is 1. The summed E-state index contributed by atoms with van der Waals surface area (Å²) in [7, 11) is 3.36. The monoisotopic (exact) mass is 237 g/mol. The molecule has 0 saturated heterocycles. The summed E-state index contributed by atoms with van der Waals surface area (Å²) in [6, 6.07) is 1.94. The highest BCUT2D eigenvalue weighted by atomic mass is 16.5. The Hall–Kier alpha value is -1.65. The van der Waals surface area contributed by atoms with E-state index in [2.05, 4.69) is 14.7 Å². The second kappa shape index (κ2) is 6.18. The van der Waals surface area contributed by atoms with Crippen molar-refractivity contribution in [1.29, 1.82) is 0 Å². The van der Waals surface area contributed by atoms with E-state index < -0.39 is 0 Å². The highest BCUT2D eigenvalue weighted by Crippen LogP contribution is 2.11. The Morgan fingerprint density at radius 1 is 1.41 bits per heavy atom. The minimum atomic E-state index is -0.173. The van der Waals surface area contributed by atoms with Gasteiger partial charge in [-0.05, 0) is 20.3 Å². The molecule has 0 aromatic carbocycles. The molecule has 0 saturated carbocycles. The summed E-state index contributed by atoms with van der Waals surface area (Å²) >= 11 is 0. The van der Waals surface area contributed by atoms with Crippen molar-refractivity contribution < 1.29 is 9.53 Å². The molecule has 1 heterocycles. The smallest absolute Gasteiger partial charge is 0.305 e. The molecule has 17 heavy (non-hydrogen) atoms. The van der Waals surface area contributed by atoms with Crippen molar-refractivity contribution in [2.75, 3.05) is 25.6 Å². The SMILES string of the molecule is COC(=O)CCCN(C)c1cc(C)nc(C)n1. The van der Waals surface area contributed by atoms with Crippen LogP contribution in [0.2, 0.25) is 0 Å². The van der Waals surface area contributed by atoms with Gasteiger partial charge in [-0.25, -0.2) is 9.97 Å². The van der Waals surface area contributed by atoms with Gasteiger partial charge in [0.2, 0.25) is 0 Å². The molecule has 0 bridgehead atoms. The normalized spacial score (nSPS) is 10.1. The first-order valence-corrected chi connectivity index (χ1v) is 5.63. The maximum absolute atomic E-state index is 11.0. The van der Waals surface area contributed by atoms with Gasteiger partial charge in [-0.3, -0.25) is 4.79 Å². The molecule has 0 fully saturated rings. The molecule has 0 aliphatic rings. The van der Waals surface area contributed by atoms with Gasteiger partial charge in [-0.1, -0.05) is 0 Å². The Labute approximate surface area is 102 Å². The number of aromatic nitrogens is 2. The van der Waals surface area contributed by atoms with E-state index in [1.807, 2.05) is 31.9 Å². The zero-order chi connectivity index (χ0) is 12.8. The van der Waals surface area contributed by atoms with E-state index in [0.717, 1.165) is 30.3 Å². The van der Waals surface area contributed by atoms with Gasteiger partial charge >= 0.3 is 5.97 Å². The first kappa shape index (κ1) is 13.4. The Morgan fingerprint density at radius 2 is 2.12 bits per heavy atom. The average Bonchev–Trinajstić information content (AvgIpc) is 2.27. The van der Waals surface area contributed by atoms with E-state index in [1.165, 1.54) is 7.11 Å². The van der Waals surface area contributed by atoms with Gasteiger partial charge in [-0.2, -0.15) is 0 Å². The van der Waals surface area contributed by atoms with Gasteiger partial charge in [0.25, 0.3) is 0 Å². The van der Waals surface area contributed by atoms with Gasteiger partial charge in [-0.15, -0.1) is 0 Å². The Balaban J connectivity index is 2.52. The zero-order valence-electron chi connectivity index (χ0n) is 10.9. The van der Waals surface area contributed by atoms with Crippen molar-refractivity contribution in [1.82, 2.24) is 9.97 Å². The number of rotatable bonds is 5. The minimum Gasteiger partial charge on any atom is -0.469 e. The summed E-state index contributed by atoms with van der Waals surface area (Å²) in [5.41, 5.74) is 0.951. The van der Waals surface area contributed by atoms with E-state index in [1.54, 1.807) is 0 Å². The lowest BCUT2D eigenvalue weighted by Crippen LogP contribution is -2.21. The molecule has 0 aliphatic heterocycles. The van der Waals surface area contributed by atoms with Crippen molar-refractivity contribution in [3.05, 3.63) is 17.6 Å². The molecule has 0 amide bonds. The standard InChI is InChI=1S/C12H19N3O2/c1-9-8-11(14-10(2)13-9)15(3)7-5-6-12(16)17-4/h8H,5-7H2,1-4H3. The van der Waals surface area contributed by atoms with Gasteiger partial charge < -0.3 is 9.64 Å². The lowest BCUT2D eigenvalue weighted by molar-refractivity contribution is -0.140. The first-order chi connectivity index (χ1) is 8.02. The minimum absolute atomic E-state index is 0.173. The molecule has 5 heteroatoms. The molecule has 0 spiro atoms. The third kappa shape index (κ3) is 4.38. The Morgan fingerprint density at radius 3 is 2.71 bits per heavy atom. The first-order valence-electron chi connectivity index (χ1n) is 5.63. The Bertz CT molecular complexity index is 373. The van der Waals surface area contributed by atoms with Crippen LogP contribution in [0.1, 0.15) is 24.4 Å². The molecule has 1 rings (SSSR count). The number of carbonyl (C=O) groups excluding carboxylic acids is 1. The topological polar surface area (TPSA) is 55.3 Å². The molecule has 5 nitrogen and oxygen atoms in total. The molecule has 0 unspecified atom stereocenters. The predicted molar refractivity (Wildman–Crippen MR) is 66.0 cm³/mol. The molecule has 1 aromatic rings. The van der Waals surface area contributed by atoms with Crippen molar-refractivity contribution in [3.8, 4) is 0 Å². The largest absolute Gasteiger partial charge is 0.469 e. The van der Waals surface area contributed by atoms with Gasteiger partial charge in [0.05, 0.1) is 7.11 Å². The van der Waals surface area contributed by atoms with Crippen LogP contribution in [-0.4, -0.2) is 36.6 Å². The number of hydrogen-bond donors (Lipinski definition) is 0. The molecule has 0 aliphatic carbocycles. The van der Waals surface area contributed by atoms with Crippen LogP contribution in [0, 0.1) is 13.8 Å². The maximum Gasteiger partial charge on any atom is 0.305 e. The number of nitrogens with zero attached hydrogens (tertiary/aromatic N) is 3. The number of methoxy groups -OCH3 is 1. The lowest BCUT2D eigenvalue weighted by Gasteiger charge is -2.18. The van der Waals surface area contributed by atoms with Crippen LogP contribution in [0.3, 0.4) is 0 Å². The molecule has 0 N–H and O–H groups in total. The summed E-state index contributed by atoms with van der Waals surface area (Å²) in [5, 5.41) is 0. The van der Waals surface area contributed by atoms with Crippen LogP contribution in [0.15, 0.2) is 6.07 Å². The second-order valence-electron chi connectivity index (χ2n) is 4.02. The van der Waals surface area contributed by atoms with Crippen LogP contribution >= 0.6 is 0 Å². The number of carbonyl (C=O) groups is 1. The molecule has 94 valence electrons. The average molecular weight is 237 g/mol. The van der Waals surface area contributed by atoms with Crippen LogP contribution in [-0.2, 0) is 9.53 Å². The van der Waals surface area contributed by atoms with Crippen molar-refractivity contribution in [2.45, 2.75) is 26.7 Å². The molecule has 0 atom stereocenters. The van der Waals surface area contributed by atoms with E-state index in [-0.39, 0.29) is 5.97 Å². The number of aryl methyl sites for hydroxylation is 2. The van der Waals surface area contributed by atoms with Gasteiger partial charge in [0.15, 0.2) is 0 Å². The van der Waals surface area contributed by atoms with Crippen molar-refractivity contribution in [3.63, 3.8) is 0 Å². The molecule has 0 radical (unpaired) electrons. The maximum atomic E-state index is 11.0. The molecular formula is C12H19N3O2. The van der Waals surface area contributed by atoms with E-state index in [4.69, 9.17) is 0 Å². The van der Waals surface area contributed by atoms with Crippen molar-refractivity contribution in [2.24, 2.45) is 0 Å². The Kier molecular flexibility index (Phi) is 4.87. The van der Waals surface area contributed by atoms with Gasteiger partial charge in [0.1, 0.15) is 11.6 Å². The highest BCUT2D eigenvalue weighted by Gasteiger charge is 2.06. The molecular weight excluding hydrogens is 218 g/mol. The van der Waals surface area contributed by atoms with Crippen LogP contribution < -0.4 is 4.90 Å². The van der Waals surface area contributed by atoms with E-state index in [0.29, 0.717) is 6.42 Å². The molecule has 1 aromatic heterocycles. The summed E-state index contributed by atoms with van der Waals surface area (Å²) in [6.07, 6.45) is 1.19. The van der Waals surface area contributed by atoms with Crippen LogP contribution in [0.25, 0.3) is 0 Å². The van der Waals surface area contributed by atoms with Crippen LogP contribution in [0.4, 0.5) is 5.82 Å². The van der Waals surface area contributed by atoms with Crippen LogP contribution in [0.5, 0.6) is 0 Å². The summed E-state index contributed by atoms with van der Waals surface area (Å²) in [5.74, 6) is 1.48. The summed E-state index contributed by atoms with van der Waals surface area (Å²) < 4.78 is 4.59. The fourth-order valence-corrected chi connectivity index (χ4v) is 1.57. The quantitative estimate of drug-likeness (QED) is 0.726. The number of ether oxygens (including phenoxy) is 1. The third-order valence-corrected chi connectivity index (χ3v) is 2.45. The summed E-state index contributed by atoms with van der Waals surface area (Å²) in [6.45, 7) is 4.59. The van der Waals surface area contributed by atoms with E-state index in [9.17, 15) is 4.79 Å². The number of hydrogen-bond acceptors (Lipinski definition) is 5.